The highest BCUT2D eigenvalue weighted by molar-refractivity contribution is 7.89. The molecule has 0 saturated carbocycles. The second-order valence-corrected chi connectivity index (χ2v) is 6.44. The molecule has 0 fully saturated rings. The van der Waals surface area contributed by atoms with Crippen LogP contribution >= 0.6 is 11.6 Å². The fraction of sp³-hybridized carbons (Fsp3) is 0.462. The third-order valence-corrected chi connectivity index (χ3v) is 4.15. The molecule has 1 rings (SSSR count). The van der Waals surface area contributed by atoms with Gasteiger partial charge in [0.25, 0.3) is 0 Å². The molecule has 1 aromatic carbocycles. The minimum atomic E-state index is -4.15. The van der Waals surface area contributed by atoms with Crippen molar-refractivity contribution in [2.45, 2.75) is 37.5 Å². The first-order valence-corrected chi connectivity index (χ1v) is 8.38. The van der Waals surface area contributed by atoms with E-state index in [0.717, 1.165) is 31.4 Å². The molecule has 21 heavy (non-hydrogen) atoms. The van der Waals surface area contributed by atoms with Gasteiger partial charge in [-0.1, -0.05) is 37.8 Å². The SMILES string of the molecule is CCCCCCOC(=O)c1cc(S(N)(=O)=O)c(Cl)cc1F. The molecule has 0 radical (unpaired) electrons. The number of rotatable bonds is 7. The van der Waals surface area contributed by atoms with Crippen molar-refractivity contribution in [2.75, 3.05) is 6.61 Å². The highest BCUT2D eigenvalue weighted by Gasteiger charge is 2.21. The lowest BCUT2D eigenvalue weighted by Crippen LogP contribution is -2.16. The summed E-state index contributed by atoms with van der Waals surface area (Å²) in [5.41, 5.74) is -0.501. The van der Waals surface area contributed by atoms with Gasteiger partial charge in [0.1, 0.15) is 10.7 Å². The van der Waals surface area contributed by atoms with E-state index in [0.29, 0.717) is 6.42 Å². The Morgan fingerprint density at radius 3 is 2.57 bits per heavy atom. The van der Waals surface area contributed by atoms with Crippen molar-refractivity contribution >= 4 is 27.6 Å². The minimum Gasteiger partial charge on any atom is -0.462 e. The summed E-state index contributed by atoms with van der Waals surface area (Å²) < 4.78 is 41.2. The monoisotopic (exact) mass is 337 g/mol. The van der Waals surface area contributed by atoms with Crippen molar-refractivity contribution in [1.29, 1.82) is 0 Å². The average molecular weight is 338 g/mol. The summed E-state index contributed by atoms with van der Waals surface area (Å²) in [5.74, 6) is -1.89. The third kappa shape index (κ3) is 5.26. The number of primary sulfonamides is 1. The molecule has 0 bridgehead atoms. The Labute approximate surface area is 128 Å². The normalized spacial score (nSPS) is 11.4. The van der Waals surface area contributed by atoms with E-state index in [1.807, 2.05) is 6.92 Å². The van der Waals surface area contributed by atoms with E-state index >= 15 is 0 Å². The van der Waals surface area contributed by atoms with Crippen LogP contribution in [-0.4, -0.2) is 21.0 Å². The molecule has 0 amide bonds. The van der Waals surface area contributed by atoms with Crippen LogP contribution in [0.2, 0.25) is 5.02 Å². The lowest BCUT2D eigenvalue weighted by molar-refractivity contribution is 0.0492. The number of esters is 1. The Balaban J connectivity index is 2.85. The first-order chi connectivity index (χ1) is 9.77. The molecule has 1 aromatic rings. The van der Waals surface area contributed by atoms with E-state index in [4.69, 9.17) is 21.5 Å². The summed E-state index contributed by atoms with van der Waals surface area (Å²) >= 11 is 5.60. The largest absolute Gasteiger partial charge is 0.462 e. The zero-order valence-corrected chi connectivity index (χ0v) is 13.1. The van der Waals surface area contributed by atoms with Crippen LogP contribution < -0.4 is 5.14 Å². The van der Waals surface area contributed by atoms with Gasteiger partial charge in [0.2, 0.25) is 10.0 Å². The van der Waals surface area contributed by atoms with Crippen LogP contribution in [0.3, 0.4) is 0 Å². The average Bonchev–Trinajstić information content (AvgIpc) is 2.36. The number of benzene rings is 1. The molecule has 0 atom stereocenters. The van der Waals surface area contributed by atoms with Gasteiger partial charge in [0.05, 0.1) is 17.2 Å². The van der Waals surface area contributed by atoms with Gasteiger partial charge in [0, 0.05) is 0 Å². The van der Waals surface area contributed by atoms with Gasteiger partial charge in [0.15, 0.2) is 0 Å². The third-order valence-electron chi connectivity index (χ3n) is 2.78. The topological polar surface area (TPSA) is 86.5 Å². The van der Waals surface area contributed by atoms with Gasteiger partial charge in [-0.05, 0) is 18.6 Å². The van der Waals surface area contributed by atoms with Crippen molar-refractivity contribution in [3.63, 3.8) is 0 Å². The second kappa shape index (κ2) is 7.72. The molecule has 0 aliphatic rings. The van der Waals surface area contributed by atoms with Gasteiger partial charge in [-0.2, -0.15) is 0 Å². The summed E-state index contributed by atoms with van der Waals surface area (Å²) in [6.07, 6.45) is 3.62. The van der Waals surface area contributed by atoms with Crippen LogP contribution in [0.4, 0.5) is 4.39 Å². The van der Waals surface area contributed by atoms with E-state index in [2.05, 4.69) is 0 Å². The van der Waals surface area contributed by atoms with Crippen molar-refractivity contribution in [1.82, 2.24) is 0 Å². The lowest BCUT2D eigenvalue weighted by atomic mass is 10.2. The fourth-order valence-corrected chi connectivity index (χ4v) is 2.76. The summed E-state index contributed by atoms with van der Waals surface area (Å²) in [4.78, 5) is 11.2. The Hall–Kier alpha value is -1.18. The molecule has 2 N–H and O–H groups in total. The number of ether oxygens (including phenoxy) is 1. The number of unbranched alkanes of at least 4 members (excludes halogenated alkanes) is 3. The second-order valence-electron chi connectivity index (χ2n) is 4.50. The first kappa shape index (κ1) is 17.9. The van der Waals surface area contributed by atoms with E-state index in [9.17, 15) is 17.6 Å². The molecule has 0 heterocycles. The van der Waals surface area contributed by atoms with Crippen LogP contribution in [0, 0.1) is 5.82 Å². The summed E-state index contributed by atoms with van der Waals surface area (Å²) in [6, 6.07) is 1.52. The summed E-state index contributed by atoms with van der Waals surface area (Å²) in [6.45, 7) is 2.19. The zero-order chi connectivity index (χ0) is 16.0. The number of carbonyl (C=O) groups excluding carboxylic acids is 1. The molecular weight excluding hydrogens is 321 g/mol. The van der Waals surface area contributed by atoms with Crippen molar-refractivity contribution in [2.24, 2.45) is 5.14 Å². The van der Waals surface area contributed by atoms with Gasteiger partial charge in [-0.3, -0.25) is 0 Å². The quantitative estimate of drug-likeness (QED) is 0.612. The fourth-order valence-electron chi connectivity index (χ4n) is 1.68. The van der Waals surface area contributed by atoms with Gasteiger partial charge < -0.3 is 4.74 Å². The molecule has 0 aromatic heterocycles. The van der Waals surface area contributed by atoms with E-state index < -0.39 is 32.3 Å². The number of hydrogen-bond acceptors (Lipinski definition) is 4. The Morgan fingerprint density at radius 1 is 1.33 bits per heavy atom. The van der Waals surface area contributed by atoms with E-state index in [1.165, 1.54) is 0 Å². The van der Waals surface area contributed by atoms with Crippen LogP contribution in [0.25, 0.3) is 0 Å². The standard InChI is InChI=1S/C13H17ClFNO4S/c1-2-3-4-5-6-20-13(17)9-7-12(21(16,18)19)10(14)8-11(9)15/h7-8H,2-6H2,1H3,(H2,16,18,19). The number of sulfonamides is 1. The predicted molar refractivity (Wildman–Crippen MR) is 77.2 cm³/mol. The highest BCUT2D eigenvalue weighted by Crippen LogP contribution is 2.24. The number of nitrogens with two attached hydrogens (primary N) is 1. The molecule has 0 unspecified atom stereocenters. The summed E-state index contributed by atoms with van der Waals surface area (Å²) in [7, 11) is -4.15. The number of hydrogen-bond donors (Lipinski definition) is 1. The smallest absolute Gasteiger partial charge is 0.341 e. The number of carbonyl (C=O) groups is 1. The Kier molecular flexibility index (Phi) is 6.57. The molecule has 8 heteroatoms. The highest BCUT2D eigenvalue weighted by atomic mass is 35.5. The molecule has 0 saturated heterocycles. The molecule has 5 nitrogen and oxygen atoms in total. The first-order valence-electron chi connectivity index (χ1n) is 6.46. The molecule has 0 aliphatic carbocycles. The maximum atomic E-state index is 13.7. The number of halogens is 2. The van der Waals surface area contributed by atoms with Crippen molar-refractivity contribution in [3.8, 4) is 0 Å². The Morgan fingerprint density at radius 2 is 2.00 bits per heavy atom. The van der Waals surface area contributed by atoms with Crippen LogP contribution in [0.15, 0.2) is 17.0 Å². The van der Waals surface area contributed by atoms with Crippen molar-refractivity contribution < 1.29 is 22.3 Å². The van der Waals surface area contributed by atoms with E-state index in [1.54, 1.807) is 0 Å². The van der Waals surface area contributed by atoms with Crippen LogP contribution in [0.5, 0.6) is 0 Å². The summed E-state index contributed by atoms with van der Waals surface area (Å²) in [5, 5.41) is 4.56. The Bertz CT molecular complexity index is 619. The molecule has 118 valence electrons. The van der Waals surface area contributed by atoms with Crippen molar-refractivity contribution in [3.05, 3.63) is 28.5 Å². The molecule has 0 spiro atoms. The lowest BCUT2D eigenvalue weighted by Gasteiger charge is -2.08. The minimum absolute atomic E-state index is 0.144. The van der Waals surface area contributed by atoms with Gasteiger partial charge in [-0.15, -0.1) is 0 Å². The van der Waals surface area contributed by atoms with Gasteiger partial charge >= 0.3 is 5.97 Å². The molecule has 0 aliphatic heterocycles. The van der Waals surface area contributed by atoms with Gasteiger partial charge in [-0.25, -0.2) is 22.7 Å². The zero-order valence-electron chi connectivity index (χ0n) is 11.6. The van der Waals surface area contributed by atoms with Crippen LogP contribution in [-0.2, 0) is 14.8 Å². The molecular formula is C13H17ClFNO4S. The maximum Gasteiger partial charge on any atom is 0.341 e. The van der Waals surface area contributed by atoms with E-state index in [-0.39, 0.29) is 11.6 Å². The van der Waals surface area contributed by atoms with Crippen LogP contribution in [0.1, 0.15) is 43.0 Å². The predicted octanol–water partition coefficient (Wildman–Crippen LogP) is 2.86. The maximum absolute atomic E-state index is 13.7.